The molecule has 0 heterocycles. The van der Waals surface area contributed by atoms with Crippen LogP contribution in [0.3, 0.4) is 0 Å². The highest BCUT2D eigenvalue weighted by Crippen LogP contribution is 2.48. The third-order valence-corrected chi connectivity index (χ3v) is 5.45. The lowest BCUT2D eigenvalue weighted by Crippen LogP contribution is -2.12. The van der Waals surface area contributed by atoms with Crippen LogP contribution in [-0.4, -0.2) is 0 Å². The number of hydrogen-bond acceptors (Lipinski definition) is 0. The molecule has 0 saturated carbocycles. The first kappa shape index (κ1) is 14.7. The molecule has 3 aromatic rings. The zero-order chi connectivity index (χ0) is 14.7. The topological polar surface area (TPSA) is 0 Å². The normalized spacial score (nSPS) is 13.6. The van der Waals surface area contributed by atoms with Gasteiger partial charge in [0.25, 0.3) is 0 Å². The van der Waals surface area contributed by atoms with Crippen molar-refractivity contribution in [3.05, 3.63) is 96.1 Å². The van der Waals surface area contributed by atoms with Gasteiger partial charge >= 0.3 is 0 Å². The van der Waals surface area contributed by atoms with E-state index in [1.807, 2.05) is 0 Å². The Bertz CT molecular complexity index is 721. The van der Waals surface area contributed by atoms with E-state index < -0.39 is 0 Å². The fourth-order valence-corrected chi connectivity index (χ4v) is 3.78. The minimum Gasteiger partial charge on any atom is -0.111 e. The number of hydrogen-bond donors (Lipinski definition) is 0. The second-order valence-corrected chi connectivity index (χ2v) is 8.73. The van der Waals surface area contributed by atoms with Crippen molar-refractivity contribution in [2.75, 3.05) is 0 Å². The van der Waals surface area contributed by atoms with Gasteiger partial charge in [0.1, 0.15) is 0 Å². The van der Waals surface area contributed by atoms with Gasteiger partial charge in [0.2, 0.25) is 0 Å². The van der Waals surface area contributed by atoms with Crippen LogP contribution in [0.4, 0.5) is 0 Å². The van der Waals surface area contributed by atoms with Gasteiger partial charge in [0.05, 0.1) is 3.16 Å². The Morgan fingerprint density at radius 2 is 1.19 bits per heavy atom. The van der Waals surface area contributed by atoms with Crippen LogP contribution in [0.15, 0.2) is 84.9 Å². The molecule has 104 valence electrons. The molecule has 0 saturated heterocycles. The molecular formula is C19H16IP. The summed E-state index contributed by atoms with van der Waals surface area (Å²) < 4.78 is -0.133. The van der Waals surface area contributed by atoms with E-state index in [2.05, 4.69) is 117 Å². The van der Waals surface area contributed by atoms with Crippen LogP contribution >= 0.6 is 31.8 Å². The minimum atomic E-state index is -0.133. The summed E-state index contributed by atoms with van der Waals surface area (Å²) in [5, 5.41) is 0. The zero-order valence-corrected chi connectivity index (χ0v) is 14.9. The summed E-state index contributed by atoms with van der Waals surface area (Å²) in [4.78, 5) is 0. The Labute approximate surface area is 142 Å². The van der Waals surface area contributed by atoms with E-state index in [0.717, 1.165) is 0 Å². The number of alkyl halides is 1. The highest BCUT2D eigenvalue weighted by molar-refractivity contribution is 14.1. The average Bonchev–Trinajstić information content (AvgIpc) is 2.56. The summed E-state index contributed by atoms with van der Waals surface area (Å²) in [6, 6.07) is 29.8. The molecule has 2 atom stereocenters. The summed E-state index contributed by atoms with van der Waals surface area (Å²) in [5.41, 5.74) is 5.14. The Morgan fingerprint density at radius 3 is 1.86 bits per heavy atom. The molecule has 21 heavy (non-hydrogen) atoms. The third-order valence-electron chi connectivity index (χ3n) is 3.60. The fourth-order valence-electron chi connectivity index (χ4n) is 2.51. The molecule has 0 aliphatic carbocycles. The zero-order valence-electron chi connectivity index (χ0n) is 11.5. The smallest absolute Gasteiger partial charge is 0.0860 e. The van der Waals surface area contributed by atoms with Gasteiger partial charge in [-0.1, -0.05) is 108 Å². The molecule has 0 bridgehead atoms. The Kier molecular flexibility index (Phi) is 4.42. The second-order valence-electron chi connectivity index (χ2n) is 4.99. The van der Waals surface area contributed by atoms with E-state index in [-0.39, 0.29) is 3.16 Å². The molecule has 3 aromatic carbocycles. The molecular weight excluding hydrogens is 386 g/mol. The van der Waals surface area contributed by atoms with Crippen LogP contribution < -0.4 is 0 Å². The van der Waals surface area contributed by atoms with Gasteiger partial charge in [-0.3, -0.25) is 0 Å². The molecule has 0 fully saturated rings. The number of halogens is 1. The molecule has 3 rings (SSSR count). The first-order valence-corrected chi connectivity index (χ1v) is 8.53. The lowest BCUT2D eigenvalue weighted by molar-refractivity contribution is 1.12. The maximum Gasteiger partial charge on any atom is 0.0860 e. The van der Waals surface area contributed by atoms with Gasteiger partial charge in [-0.15, -0.1) is 9.24 Å². The molecule has 0 amide bonds. The molecule has 0 nitrogen and oxygen atoms in total. The predicted molar refractivity (Wildman–Crippen MR) is 103 cm³/mol. The molecule has 2 heteroatoms. The molecule has 0 radical (unpaired) electrons. The first-order chi connectivity index (χ1) is 10.2. The Hall–Kier alpha value is -1.18. The summed E-state index contributed by atoms with van der Waals surface area (Å²) in [6.45, 7) is 0. The Morgan fingerprint density at radius 1 is 0.667 bits per heavy atom. The van der Waals surface area contributed by atoms with Crippen molar-refractivity contribution in [1.82, 2.24) is 0 Å². The number of benzene rings is 3. The van der Waals surface area contributed by atoms with Gasteiger partial charge in [0, 0.05) is 0 Å². The van der Waals surface area contributed by atoms with Gasteiger partial charge in [-0.25, -0.2) is 0 Å². The maximum atomic E-state index is 3.02. The van der Waals surface area contributed by atoms with Crippen molar-refractivity contribution in [2.45, 2.75) is 3.16 Å². The lowest BCUT2D eigenvalue weighted by atomic mass is 9.94. The molecule has 0 aliphatic rings. The largest absolute Gasteiger partial charge is 0.111 e. The van der Waals surface area contributed by atoms with E-state index in [1.165, 1.54) is 22.3 Å². The van der Waals surface area contributed by atoms with Crippen LogP contribution in [0.25, 0.3) is 11.1 Å². The summed E-state index contributed by atoms with van der Waals surface area (Å²) in [7, 11) is 3.02. The molecule has 2 unspecified atom stereocenters. The van der Waals surface area contributed by atoms with Crippen LogP contribution in [0.1, 0.15) is 11.1 Å². The van der Waals surface area contributed by atoms with Crippen LogP contribution in [-0.2, 0) is 3.16 Å². The van der Waals surface area contributed by atoms with Crippen molar-refractivity contribution < 1.29 is 0 Å². The molecule has 0 aliphatic heterocycles. The highest BCUT2D eigenvalue weighted by atomic mass is 127. The second kappa shape index (κ2) is 6.29. The van der Waals surface area contributed by atoms with Crippen molar-refractivity contribution in [3.8, 4) is 11.1 Å². The van der Waals surface area contributed by atoms with E-state index in [0.29, 0.717) is 0 Å². The standard InChI is InChI=1S/C19H16IP/c20-19(21,16-11-5-2-6-12-16)18-14-8-7-13-17(18)15-9-3-1-4-10-15/h1-14H,21H2. The quantitative estimate of drug-likeness (QED) is 0.292. The maximum absolute atomic E-state index is 3.02. The van der Waals surface area contributed by atoms with Crippen molar-refractivity contribution in [3.63, 3.8) is 0 Å². The summed E-state index contributed by atoms with van der Waals surface area (Å²) >= 11 is 2.52. The van der Waals surface area contributed by atoms with Crippen molar-refractivity contribution >= 4 is 31.8 Å². The molecule has 0 N–H and O–H groups in total. The summed E-state index contributed by atoms with van der Waals surface area (Å²) in [6.07, 6.45) is 0. The van der Waals surface area contributed by atoms with Crippen LogP contribution in [0.2, 0.25) is 0 Å². The van der Waals surface area contributed by atoms with Crippen LogP contribution in [0.5, 0.6) is 0 Å². The number of rotatable bonds is 3. The minimum absolute atomic E-state index is 0.133. The van der Waals surface area contributed by atoms with E-state index in [9.17, 15) is 0 Å². The molecule has 0 spiro atoms. The van der Waals surface area contributed by atoms with E-state index in [1.54, 1.807) is 0 Å². The fraction of sp³-hybridized carbons (Fsp3) is 0.0526. The molecule has 0 aromatic heterocycles. The van der Waals surface area contributed by atoms with Crippen molar-refractivity contribution in [1.29, 1.82) is 0 Å². The monoisotopic (exact) mass is 402 g/mol. The predicted octanol–water partition coefficient (Wildman–Crippen LogP) is 5.86. The van der Waals surface area contributed by atoms with E-state index >= 15 is 0 Å². The summed E-state index contributed by atoms with van der Waals surface area (Å²) in [5.74, 6) is 0. The van der Waals surface area contributed by atoms with Crippen LogP contribution in [0, 0.1) is 0 Å². The van der Waals surface area contributed by atoms with E-state index in [4.69, 9.17) is 0 Å². The van der Waals surface area contributed by atoms with Gasteiger partial charge in [-0.2, -0.15) is 0 Å². The first-order valence-electron chi connectivity index (χ1n) is 6.88. The highest BCUT2D eigenvalue weighted by Gasteiger charge is 2.27. The SMILES string of the molecule is PC(I)(c1ccccc1)c1ccccc1-c1ccccc1. The third kappa shape index (κ3) is 3.04. The van der Waals surface area contributed by atoms with Gasteiger partial charge < -0.3 is 0 Å². The Balaban J connectivity index is 2.16. The lowest BCUT2D eigenvalue weighted by Gasteiger charge is -2.26. The van der Waals surface area contributed by atoms with Crippen molar-refractivity contribution in [2.24, 2.45) is 0 Å². The average molecular weight is 402 g/mol. The van der Waals surface area contributed by atoms with Gasteiger partial charge in [-0.05, 0) is 22.3 Å². The van der Waals surface area contributed by atoms with Gasteiger partial charge in [0.15, 0.2) is 0 Å².